The summed E-state index contributed by atoms with van der Waals surface area (Å²) in [5.41, 5.74) is 2.00. The standard InChI is InChI=1S/C30H32F2N2O2/c1-3-5-7-8-22-36-28-20-13-24(29(31)30(28)32)12-9-23-10-14-25(15-11-23)33-34-26-16-18-27(19-17-26)35-21-6-4-2/h10-11,13-20H,3-8,21-22H2,1-2H3. The van der Waals surface area contributed by atoms with E-state index in [1.54, 1.807) is 24.3 Å². The second kappa shape index (κ2) is 14.6. The average Bonchev–Trinajstić information content (AvgIpc) is 2.90. The summed E-state index contributed by atoms with van der Waals surface area (Å²) in [6.07, 6.45) is 6.13. The molecule has 0 aliphatic heterocycles. The van der Waals surface area contributed by atoms with Crippen LogP contribution in [0, 0.1) is 23.5 Å². The fourth-order valence-electron chi connectivity index (χ4n) is 3.26. The van der Waals surface area contributed by atoms with E-state index in [0.717, 1.165) is 44.3 Å². The van der Waals surface area contributed by atoms with Crippen LogP contribution in [0.5, 0.6) is 11.5 Å². The lowest BCUT2D eigenvalue weighted by atomic mass is 10.1. The Labute approximate surface area is 212 Å². The third kappa shape index (κ3) is 8.49. The van der Waals surface area contributed by atoms with E-state index >= 15 is 0 Å². The van der Waals surface area contributed by atoms with Gasteiger partial charge in [0.15, 0.2) is 11.6 Å². The van der Waals surface area contributed by atoms with Gasteiger partial charge in [0.2, 0.25) is 5.82 Å². The Hall–Kier alpha value is -3.72. The van der Waals surface area contributed by atoms with Gasteiger partial charge in [-0.25, -0.2) is 4.39 Å². The van der Waals surface area contributed by atoms with Crippen molar-refractivity contribution in [3.63, 3.8) is 0 Å². The summed E-state index contributed by atoms with van der Waals surface area (Å²) < 4.78 is 39.8. The predicted molar refractivity (Wildman–Crippen MR) is 139 cm³/mol. The first kappa shape index (κ1) is 26.9. The number of nitrogens with zero attached hydrogens (tertiary/aromatic N) is 2. The Morgan fingerprint density at radius 1 is 0.639 bits per heavy atom. The Kier molecular flexibility index (Phi) is 10.9. The molecule has 0 unspecified atom stereocenters. The number of unbranched alkanes of at least 4 members (excludes halogenated alkanes) is 4. The van der Waals surface area contributed by atoms with E-state index in [4.69, 9.17) is 9.47 Å². The number of hydrogen-bond acceptors (Lipinski definition) is 4. The van der Waals surface area contributed by atoms with Gasteiger partial charge in [-0.1, -0.05) is 51.4 Å². The zero-order chi connectivity index (χ0) is 25.6. The maximum absolute atomic E-state index is 14.4. The fourth-order valence-corrected chi connectivity index (χ4v) is 3.26. The van der Waals surface area contributed by atoms with Crippen LogP contribution in [-0.4, -0.2) is 13.2 Å². The Bertz CT molecular complexity index is 1180. The molecule has 0 aliphatic rings. The summed E-state index contributed by atoms with van der Waals surface area (Å²) in [7, 11) is 0. The Morgan fingerprint density at radius 2 is 1.28 bits per heavy atom. The molecule has 3 aromatic rings. The first-order valence-corrected chi connectivity index (χ1v) is 12.5. The quantitative estimate of drug-likeness (QED) is 0.144. The van der Waals surface area contributed by atoms with Crippen molar-refractivity contribution in [2.45, 2.75) is 52.4 Å². The minimum atomic E-state index is -1.01. The van der Waals surface area contributed by atoms with Crippen LogP contribution in [0.2, 0.25) is 0 Å². The van der Waals surface area contributed by atoms with Crippen molar-refractivity contribution in [1.82, 2.24) is 0 Å². The highest BCUT2D eigenvalue weighted by molar-refractivity contribution is 5.49. The van der Waals surface area contributed by atoms with Crippen molar-refractivity contribution in [2.24, 2.45) is 10.2 Å². The third-order valence-corrected chi connectivity index (χ3v) is 5.40. The summed E-state index contributed by atoms with van der Waals surface area (Å²) in [4.78, 5) is 0. The summed E-state index contributed by atoms with van der Waals surface area (Å²) >= 11 is 0. The van der Waals surface area contributed by atoms with Crippen LogP contribution in [0.4, 0.5) is 20.2 Å². The molecule has 0 saturated heterocycles. The molecule has 0 amide bonds. The van der Waals surface area contributed by atoms with Gasteiger partial charge in [-0.3, -0.25) is 0 Å². The number of azo groups is 1. The second-order valence-corrected chi connectivity index (χ2v) is 8.34. The number of ether oxygens (including phenoxy) is 2. The predicted octanol–water partition coefficient (Wildman–Crippen LogP) is 8.92. The highest BCUT2D eigenvalue weighted by Gasteiger charge is 2.13. The lowest BCUT2D eigenvalue weighted by molar-refractivity contribution is 0.285. The van der Waals surface area contributed by atoms with Gasteiger partial charge in [0.05, 0.1) is 30.2 Å². The monoisotopic (exact) mass is 490 g/mol. The minimum absolute atomic E-state index is 0.0169. The van der Waals surface area contributed by atoms with Crippen molar-refractivity contribution < 1.29 is 18.3 Å². The summed E-state index contributed by atoms with van der Waals surface area (Å²) in [5, 5.41) is 8.46. The largest absolute Gasteiger partial charge is 0.494 e. The lowest BCUT2D eigenvalue weighted by Crippen LogP contribution is -2.01. The van der Waals surface area contributed by atoms with Crippen molar-refractivity contribution in [3.8, 4) is 23.3 Å². The molecule has 4 nitrogen and oxygen atoms in total. The van der Waals surface area contributed by atoms with Gasteiger partial charge in [-0.15, -0.1) is 0 Å². The molecule has 0 aliphatic carbocycles. The van der Waals surface area contributed by atoms with Gasteiger partial charge in [0.1, 0.15) is 5.75 Å². The highest BCUT2D eigenvalue weighted by atomic mass is 19.2. The van der Waals surface area contributed by atoms with Gasteiger partial charge in [-0.2, -0.15) is 14.6 Å². The van der Waals surface area contributed by atoms with E-state index in [-0.39, 0.29) is 11.3 Å². The molecular formula is C30H32F2N2O2. The fraction of sp³-hybridized carbons (Fsp3) is 0.333. The Morgan fingerprint density at radius 3 is 1.94 bits per heavy atom. The first-order chi connectivity index (χ1) is 17.6. The molecular weight excluding hydrogens is 458 g/mol. The topological polar surface area (TPSA) is 43.2 Å². The van der Waals surface area contributed by atoms with Crippen LogP contribution in [-0.2, 0) is 0 Å². The maximum Gasteiger partial charge on any atom is 0.201 e. The van der Waals surface area contributed by atoms with Crippen LogP contribution in [0.15, 0.2) is 70.9 Å². The third-order valence-electron chi connectivity index (χ3n) is 5.40. The van der Waals surface area contributed by atoms with E-state index in [1.807, 2.05) is 24.3 Å². The van der Waals surface area contributed by atoms with Gasteiger partial charge in [0, 0.05) is 5.56 Å². The molecule has 36 heavy (non-hydrogen) atoms. The molecule has 188 valence electrons. The number of benzene rings is 3. The van der Waals surface area contributed by atoms with E-state index in [9.17, 15) is 8.78 Å². The van der Waals surface area contributed by atoms with Crippen molar-refractivity contribution >= 4 is 11.4 Å². The SMILES string of the molecule is CCCCCCOc1ccc(C#Cc2ccc(N=Nc3ccc(OCCCC)cc3)cc2)c(F)c1F. The van der Waals surface area contributed by atoms with Crippen molar-refractivity contribution in [1.29, 1.82) is 0 Å². The van der Waals surface area contributed by atoms with Crippen LogP contribution < -0.4 is 9.47 Å². The molecule has 0 saturated carbocycles. The second-order valence-electron chi connectivity index (χ2n) is 8.34. The molecule has 0 aromatic heterocycles. The maximum atomic E-state index is 14.4. The minimum Gasteiger partial charge on any atom is -0.494 e. The zero-order valence-corrected chi connectivity index (χ0v) is 20.9. The molecule has 0 heterocycles. The molecule has 0 atom stereocenters. The van der Waals surface area contributed by atoms with Crippen LogP contribution >= 0.6 is 0 Å². The molecule has 0 fully saturated rings. The molecule has 3 rings (SSSR count). The molecule has 0 bridgehead atoms. The Balaban J connectivity index is 1.57. The molecule has 3 aromatic carbocycles. The zero-order valence-electron chi connectivity index (χ0n) is 20.9. The van der Waals surface area contributed by atoms with Gasteiger partial charge < -0.3 is 9.47 Å². The van der Waals surface area contributed by atoms with Crippen molar-refractivity contribution in [2.75, 3.05) is 13.2 Å². The molecule has 0 radical (unpaired) electrons. The van der Waals surface area contributed by atoms with Crippen LogP contribution in [0.1, 0.15) is 63.5 Å². The van der Waals surface area contributed by atoms with Crippen molar-refractivity contribution in [3.05, 3.63) is 83.4 Å². The average molecular weight is 491 g/mol. The smallest absolute Gasteiger partial charge is 0.201 e. The normalized spacial score (nSPS) is 10.8. The van der Waals surface area contributed by atoms with Crippen LogP contribution in [0.25, 0.3) is 0 Å². The molecule has 0 N–H and O–H groups in total. The summed E-state index contributed by atoms with van der Waals surface area (Å²) in [6.45, 7) is 5.30. The van der Waals surface area contributed by atoms with E-state index < -0.39 is 11.6 Å². The molecule has 0 spiro atoms. The number of rotatable bonds is 12. The number of halogens is 2. The molecule has 6 heteroatoms. The number of hydrogen-bond donors (Lipinski definition) is 0. The highest BCUT2D eigenvalue weighted by Crippen LogP contribution is 2.24. The van der Waals surface area contributed by atoms with E-state index in [2.05, 4.69) is 35.9 Å². The van der Waals surface area contributed by atoms with E-state index in [1.165, 1.54) is 12.1 Å². The van der Waals surface area contributed by atoms with Gasteiger partial charge in [0.25, 0.3) is 0 Å². The van der Waals surface area contributed by atoms with Gasteiger partial charge in [-0.05, 0) is 73.5 Å². The van der Waals surface area contributed by atoms with Gasteiger partial charge >= 0.3 is 0 Å². The first-order valence-electron chi connectivity index (χ1n) is 12.5. The summed E-state index contributed by atoms with van der Waals surface area (Å²) in [6, 6.07) is 17.4. The van der Waals surface area contributed by atoms with E-state index in [0.29, 0.717) is 30.2 Å². The van der Waals surface area contributed by atoms with Crippen LogP contribution in [0.3, 0.4) is 0 Å². The lowest BCUT2D eigenvalue weighted by Gasteiger charge is -2.08. The summed E-state index contributed by atoms with van der Waals surface area (Å²) in [5.74, 6) is 4.28.